The molecule has 1 aromatic heterocycles. The van der Waals surface area contributed by atoms with Crippen molar-refractivity contribution in [2.24, 2.45) is 0 Å². The molecule has 0 amide bonds. The van der Waals surface area contributed by atoms with Gasteiger partial charge in [-0.15, -0.1) is 0 Å². The Morgan fingerprint density at radius 3 is 2.42 bits per heavy atom. The van der Waals surface area contributed by atoms with Crippen LogP contribution in [0.3, 0.4) is 0 Å². The minimum absolute atomic E-state index is 0.0973. The molecule has 1 N–H and O–H groups in total. The van der Waals surface area contributed by atoms with E-state index < -0.39 is 0 Å². The lowest BCUT2D eigenvalue weighted by molar-refractivity contribution is 0.0346. The van der Waals surface area contributed by atoms with Crippen molar-refractivity contribution >= 4 is 0 Å². The number of hydrogen-bond donors (Lipinski definition) is 1. The van der Waals surface area contributed by atoms with E-state index in [9.17, 15) is 0 Å². The summed E-state index contributed by atoms with van der Waals surface area (Å²) in [5, 5.41) is 3.39. The van der Waals surface area contributed by atoms with Crippen LogP contribution in [-0.2, 0) is 22.6 Å². The first kappa shape index (κ1) is 16.2. The van der Waals surface area contributed by atoms with Crippen molar-refractivity contribution in [3.05, 3.63) is 23.7 Å². The highest BCUT2D eigenvalue weighted by Gasteiger charge is 2.10. The van der Waals surface area contributed by atoms with Crippen LogP contribution in [0.4, 0.5) is 0 Å². The molecule has 0 saturated heterocycles. The molecule has 19 heavy (non-hydrogen) atoms. The Kier molecular flexibility index (Phi) is 7.13. The van der Waals surface area contributed by atoms with E-state index in [1.54, 1.807) is 0 Å². The van der Waals surface area contributed by atoms with Crippen molar-refractivity contribution in [3.8, 4) is 0 Å². The van der Waals surface area contributed by atoms with Gasteiger partial charge in [-0.2, -0.15) is 0 Å². The average molecular weight is 269 g/mol. The molecule has 0 radical (unpaired) electrons. The normalized spacial score (nSPS) is 12.0. The predicted octanol–water partition coefficient (Wildman–Crippen LogP) is 3.11. The maximum atomic E-state index is 5.68. The summed E-state index contributed by atoms with van der Waals surface area (Å²) >= 11 is 0. The molecule has 0 aromatic carbocycles. The Hall–Kier alpha value is -0.840. The highest BCUT2D eigenvalue weighted by molar-refractivity contribution is 5.06. The number of ether oxygens (including phenoxy) is 2. The van der Waals surface area contributed by atoms with Gasteiger partial charge in [-0.3, -0.25) is 0 Å². The van der Waals surface area contributed by atoms with Gasteiger partial charge in [0.25, 0.3) is 0 Å². The first-order chi connectivity index (χ1) is 9.01. The number of hydrogen-bond acceptors (Lipinski definition) is 4. The zero-order valence-corrected chi connectivity index (χ0v) is 12.6. The Bertz CT molecular complexity index is 341. The smallest absolute Gasteiger partial charge is 0.129 e. The van der Waals surface area contributed by atoms with E-state index in [1.807, 2.05) is 12.1 Å². The van der Waals surface area contributed by atoms with Crippen LogP contribution in [0.2, 0.25) is 0 Å². The van der Waals surface area contributed by atoms with E-state index >= 15 is 0 Å². The number of rotatable bonds is 9. The predicted molar refractivity (Wildman–Crippen MR) is 76.1 cm³/mol. The summed E-state index contributed by atoms with van der Waals surface area (Å²) in [6, 6.07) is 3.96. The van der Waals surface area contributed by atoms with E-state index in [0.29, 0.717) is 19.8 Å². The van der Waals surface area contributed by atoms with E-state index in [0.717, 1.165) is 31.1 Å². The van der Waals surface area contributed by atoms with Crippen molar-refractivity contribution in [3.63, 3.8) is 0 Å². The van der Waals surface area contributed by atoms with E-state index in [-0.39, 0.29) is 5.54 Å². The molecule has 110 valence electrons. The van der Waals surface area contributed by atoms with Crippen molar-refractivity contribution in [1.82, 2.24) is 5.32 Å². The first-order valence-electron chi connectivity index (χ1n) is 6.99. The zero-order valence-electron chi connectivity index (χ0n) is 12.6. The topological polar surface area (TPSA) is 43.6 Å². The summed E-state index contributed by atoms with van der Waals surface area (Å²) in [7, 11) is 0. The summed E-state index contributed by atoms with van der Waals surface area (Å²) < 4.78 is 16.5. The van der Waals surface area contributed by atoms with Gasteiger partial charge in [0.15, 0.2) is 0 Å². The second-order valence-corrected chi connectivity index (χ2v) is 5.64. The van der Waals surface area contributed by atoms with Gasteiger partial charge in [0.05, 0.1) is 19.8 Å². The van der Waals surface area contributed by atoms with Gasteiger partial charge in [0.2, 0.25) is 0 Å². The number of nitrogens with one attached hydrogen (secondary N) is 1. The highest BCUT2D eigenvalue weighted by atomic mass is 16.5. The highest BCUT2D eigenvalue weighted by Crippen LogP contribution is 2.10. The second-order valence-electron chi connectivity index (χ2n) is 5.64. The monoisotopic (exact) mass is 269 g/mol. The van der Waals surface area contributed by atoms with E-state index in [4.69, 9.17) is 13.9 Å². The van der Waals surface area contributed by atoms with Gasteiger partial charge in [-0.1, -0.05) is 6.92 Å². The van der Waals surface area contributed by atoms with Gasteiger partial charge in [0, 0.05) is 12.1 Å². The Morgan fingerprint density at radius 2 is 1.74 bits per heavy atom. The van der Waals surface area contributed by atoms with Crippen LogP contribution in [0.15, 0.2) is 16.5 Å². The van der Waals surface area contributed by atoms with Crippen molar-refractivity contribution in [2.45, 2.75) is 52.8 Å². The Labute approximate surface area is 116 Å². The van der Waals surface area contributed by atoms with Gasteiger partial charge >= 0.3 is 0 Å². The average Bonchev–Trinajstić information content (AvgIpc) is 2.78. The Balaban J connectivity index is 2.16. The van der Waals surface area contributed by atoms with Crippen molar-refractivity contribution in [2.75, 3.05) is 19.8 Å². The summed E-state index contributed by atoms with van der Waals surface area (Å²) in [5.74, 6) is 1.80. The molecule has 1 heterocycles. The largest absolute Gasteiger partial charge is 0.462 e. The maximum absolute atomic E-state index is 5.68. The zero-order chi connectivity index (χ0) is 14.1. The molecule has 4 nitrogen and oxygen atoms in total. The molecular weight excluding hydrogens is 242 g/mol. The van der Waals surface area contributed by atoms with Gasteiger partial charge in [-0.25, -0.2) is 0 Å². The molecule has 1 aromatic rings. The molecular formula is C15H27NO3. The van der Waals surface area contributed by atoms with Crippen LogP contribution in [0.5, 0.6) is 0 Å². The quantitative estimate of drug-likeness (QED) is 0.700. The lowest BCUT2D eigenvalue weighted by atomic mass is 10.1. The summed E-state index contributed by atoms with van der Waals surface area (Å²) in [5.41, 5.74) is 0.0973. The molecule has 0 fully saturated rings. The molecule has 0 spiro atoms. The van der Waals surface area contributed by atoms with Crippen LogP contribution < -0.4 is 5.32 Å². The molecule has 0 aliphatic rings. The van der Waals surface area contributed by atoms with Gasteiger partial charge < -0.3 is 19.2 Å². The van der Waals surface area contributed by atoms with Crippen LogP contribution in [-0.4, -0.2) is 25.4 Å². The third kappa shape index (κ3) is 8.03. The van der Waals surface area contributed by atoms with Crippen LogP contribution in [0.1, 0.15) is 45.6 Å². The minimum Gasteiger partial charge on any atom is -0.462 e. The molecule has 0 bridgehead atoms. The molecule has 0 aliphatic carbocycles. The minimum atomic E-state index is 0.0973. The fourth-order valence-electron chi connectivity index (χ4n) is 1.48. The molecule has 0 aliphatic heterocycles. The Morgan fingerprint density at radius 1 is 1.05 bits per heavy atom. The van der Waals surface area contributed by atoms with E-state index in [1.165, 1.54) is 0 Å². The van der Waals surface area contributed by atoms with Crippen LogP contribution >= 0.6 is 0 Å². The fourth-order valence-corrected chi connectivity index (χ4v) is 1.48. The van der Waals surface area contributed by atoms with Crippen molar-refractivity contribution in [1.29, 1.82) is 0 Å². The van der Waals surface area contributed by atoms with Gasteiger partial charge in [0.1, 0.15) is 18.1 Å². The number of furan rings is 1. The third-order valence-electron chi connectivity index (χ3n) is 2.48. The standard InChI is InChI=1S/C15H27NO3/c1-5-8-17-9-10-18-12-14-7-6-13(19-14)11-16-15(2,3)4/h6-7,16H,5,8-12H2,1-4H3. The lowest BCUT2D eigenvalue weighted by Gasteiger charge is -2.19. The summed E-state index contributed by atoms with van der Waals surface area (Å²) in [4.78, 5) is 0. The van der Waals surface area contributed by atoms with Crippen LogP contribution in [0, 0.1) is 0 Å². The summed E-state index contributed by atoms with van der Waals surface area (Å²) in [6.07, 6.45) is 1.04. The lowest BCUT2D eigenvalue weighted by Crippen LogP contribution is -2.34. The van der Waals surface area contributed by atoms with Gasteiger partial charge in [-0.05, 0) is 39.3 Å². The fraction of sp³-hybridized carbons (Fsp3) is 0.733. The SMILES string of the molecule is CCCOCCOCc1ccc(CNC(C)(C)C)o1. The molecule has 0 atom stereocenters. The molecule has 1 rings (SSSR count). The molecule has 0 saturated carbocycles. The maximum Gasteiger partial charge on any atom is 0.129 e. The second kappa shape index (κ2) is 8.35. The van der Waals surface area contributed by atoms with Crippen molar-refractivity contribution < 1.29 is 13.9 Å². The first-order valence-corrected chi connectivity index (χ1v) is 6.99. The van der Waals surface area contributed by atoms with E-state index in [2.05, 4.69) is 33.0 Å². The summed E-state index contributed by atoms with van der Waals surface area (Å²) in [6.45, 7) is 11.8. The third-order valence-corrected chi connectivity index (χ3v) is 2.48. The molecule has 0 unspecified atom stereocenters. The van der Waals surface area contributed by atoms with Crippen LogP contribution in [0.25, 0.3) is 0 Å². The molecule has 4 heteroatoms.